The number of rotatable bonds is 3. The van der Waals surface area contributed by atoms with Crippen LogP contribution in [0.5, 0.6) is 0 Å². The summed E-state index contributed by atoms with van der Waals surface area (Å²) < 4.78 is 28.0. The highest BCUT2D eigenvalue weighted by Crippen LogP contribution is 2.29. The normalized spacial score (nSPS) is 10.8. The summed E-state index contributed by atoms with van der Waals surface area (Å²) in [6, 6.07) is 12.8. The van der Waals surface area contributed by atoms with Gasteiger partial charge >= 0.3 is 0 Å². The van der Waals surface area contributed by atoms with E-state index in [9.17, 15) is 13.6 Å². The van der Waals surface area contributed by atoms with Crippen molar-refractivity contribution in [2.24, 2.45) is 0 Å². The average Bonchev–Trinajstić information content (AvgIpc) is 3.01. The topological polar surface area (TPSA) is 59.3 Å². The number of fused-ring (bicyclic) bond motifs is 1. The van der Waals surface area contributed by atoms with Crippen LogP contribution in [0.2, 0.25) is 0 Å². The molecule has 0 aliphatic heterocycles. The number of amides is 1. The Kier molecular flexibility index (Phi) is 3.89. The zero-order valence-electron chi connectivity index (χ0n) is 13.4. The van der Waals surface area contributed by atoms with E-state index in [0.29, 0.717) is 22.6 Å². The number of hydrogen-bond acceptors (Lipinski definition) is 3. The maximum Gasteiger partial charge on any atom is 0.256 e. The van der Waals surface area contributed by atoms with Crippen molar-refractivity contribution >= 4 is 17.5 Å². The van der Waals surface area contributed by atoms with E-state index in [1.165, 1.54) is 36.4 Å². The lowest BCUT2D eigenvalue weighted by Gasteiger charge is -2.07. The molecule has 1 N–H and O–H groups in total. The summed E-state index contributed by atoms with van der Waals surface area (Å²) in [6.45, 7) is 0. The Hall–Kier alpha value is -3.61. The number of carbonyl (C=O) groups excluding carboxylic acids is 1. The van der Waals surface area contributed by atoms with Gasteiger partial charge in [-0.1, -0.05) is 0 Å². The van der Waals surface area contributed by atoms with Gasteiger partial charge in [0.15, 0.2) is 5.82 Å². The fourth-order valence-electron chi connectivity index (χ4n) is 2.64. The van der Waals surface area contributed by atoms with E-state index in [-0.39, 0.29) is 11.6 Å². The van der Waals surface area contributed by atoms with E-state index in [1.807, 2.05) is 0 Å². The lowest BCUT2D eigenvalue weighted by molar-refractivity contribution is 0.102. The molecule has 2 aromatic carbocycles. The van der Waals surface area contributed by atoms with Crippen LogP contribution >= 0.6 is 0 Å². The molecule has 0 unspecified atom stereocenters. The van der Waals surface area contributed by atoms with Crippen molar-refractivity contribution < 1.29 is 13.6 Å². The molecule has 0 aliphatic rings. The lowest BCUT2D eigenvalue weighted by atomic mass is 10.1. The van der Waals surface area contributed by atoms with E-state index in [0.717, 1.165) is 0 Å². The van der Waals surface area contributed by atoms with Crippen LogP contribution in [0.15, 0.2) is 67.0 Å². The molecule has 2 heterocycles. The molecule has 0 fully saturated rings. The first-order chi connectivity index (χ1) is 12.6. The third-order valence-electron chi connectivity index (χ3n) is 3.86. The number of anilines is 1. The van der Waals surface area contributed by atoms with Gasteiger partial charge in [0.05, 0.1) is 5.69 Å². The quantitative estimate of drug-likeness (QED) is 0.609. The number of nitrogens with one attached hydrogen (secondary N) is 1. The van der Waals surface area contributed by atoms with E-state index in [1.54, 1.807) is 35.0 Å². The van der Waals surface area contributed by atoms with Crippen molar-refractivity contribution in [2.45, 2.75) is 0 Å². The first-order valence-corrected chi connectivity index (χ1v) is 7.78. The van der Waals surface area contributed by atoms with E-state index >= 15 is 0 Å². The fraction of sp³-hybridized carbons (Fsp3) is 0. The highest BCUT2D eigenvalue weighted by atomic mass is 19.1. The van der Waals surface area contributed by atoms with Crippen molar-refractivity contribution in [3.05, 3.63) is 84.2 Å². The summed E-state index contributed by atoms with van der Waals surface area (Å²) in [7, 11) is 0. The molecule has 0 saturated carbocycles. The third-order valence-corrected chi connectivity index (χ3v) is 3.86. The predicted molar refractivity (Wildman–Crippen MR) is 92.7 cm³/mol. The summed E-state index contributed by atoms with van der Waals surface area (Å²) in [5.41, 5.74) is 1.53. The highest BCUT2D eigenvalue weighted by Gasteiger charge is 2.17. The van der Waals surface area contributed by atoms with Gasteiger partial charge in [-0.3, -0.25) is 9.20 Å². The van der Waals surface area contributed by atoms with Gasteiger partial charge in [-0.25, -0.2) is 13.8 Å². The van der Waals surface area contributed by atoms with Crippen LogP contribution in [0.1, 0.15) is 10.4 Å². The molecule has 0 aliphatic carbocycles. The van der Waals surface area contributed by atoms with E-state index in [2.05, 4.69) is 15.3 Å². The molecule has 4 aromatic rings. The number of benzene rings is 2. The molecule has 0 saturated heterocycles. The largest absolute Gasteiger partial charge is 0.305 e. The second-order valence-corrected chi connectivity index (χ2v) is 5.57. The maximum atomic E-state index is 13.3. The Morgan fingerprint density at radius 2 is 1.62 bits per heavy atom. The van der Waals surface area contributed by atoms with Crippen LogP contribution in [0.4, 0.5) is 14.6 Å². The van der Waals surface area contributed by atoms with Crippen molar-refractivity contribution in [1.29, 1.82) is 0 Å². The number of imidazole rings is 1. The van der Waals surface area contributed by atoms with Gasteiger partial charge in [-0.15, -0.1) is 0 Å². The van der Waals surface area contributed by atoms with Crippen molar-refractivity contribution in [3.8, 4) is 11.3 Å². The summed E-state index contributed by atoms with van der Waals surface area (Å²) in [5, 5.41) is 2.72. The Morgan fingerprint density at radius 1 is 0.962 bits per heavy atom. The van der Waals surface area contributed by atoms with Gasteiger partial charge in [0.25, 0.3) is 5.91 Å². The first-order valence-electron chi connectivity index (χ1n) is 7.78. The summed E-state index contributed by atoms with van der Waals surface area (Å²) in [6.07, 6.45) is 3.34. The second kappa shape index (κ2) is 6.36. The molecule has 2 aromatic heterocycles. The molecule has 26 heavy (non-hydrogen) atoms. The molecule has 0 radical (unpaired) electrons. The van der Waals surface area contributed by atoms with Crippen LogP contribution < -0.4 is 5.32 Å². The summed E-state index contributed by atoms with van der Waals surface area (Å²) >= 11 is 0. The molecule has 1 amide bonds. The van der Waals surface area contributed by atoms with Gasteiger partial charge in [-0.05, 0) is 54.6 Å². The van der Waals surface area contributed by atoms with Gasteiger partial charge in [0.2, 0.25) is 5.78 Å². The predicted octanol–water partition coefficient (Wildman–Crippen LogP) is 3.93. The molecule has 0 spiro atoms. The molecule has 7 heteroatoms. The smallest absolute Gasteiger partial charge is 0.256 e. The van der Waals surface area contributed by atoms with Gasteiger partial charge in [-0.2, -0.15) is 4.98 Å². The highest BCUT2D eigenvalue weighted by molar-refractivity contribution is 6.05. The van der Waals surface area contributed by atoms with Gasteiger partial charge < -0.3 is 5.32 Å². The van der Waals surface area contributed by atoms with Crippen LogP contribution in [-0.2, 0) is 0 Å². The number of halogens is 2. The van der Waals surface area contributed by atoms with E-state index < -0.39 is 11.7 Å². The van der Waals surface area contributed by atoms with Crippen LogP contribution in [0, 0.1) is 11.6 Å². The van der Waals surface area contributed by atoms with Crippen molar-refractivity contribution in [1.82, 2.24) is 14.4 Å². The molecule has 4 rings (SSSR count). The summed E-state index contributed by atoms with van der Waals surface area (Å²) in [5.74, 6) is -0.550. The average molecular weight is 350 g/mol. The number of nitrogens with zero attached hydrogens (tertiary/aromatic N) is 3. The zero-order chi connectivity index (χ0) is 18.1. The maximum absolute atomic E-state index is 13.3. The van der Waals surface area contributed by atoms with Crippen LogP contribution in [-0.4, -0.2) is 20.3 Å². The standard InChI is InChI=1S/C19H12F2N4O/c20-14-6-2-12(3-7-14)16-17(24-19-22-10-1-11-25(16)19)23-18(26)13-4-8-15(21)9-5-13/h1-11H,(H,23,26). The van der Waals surface area contributed by atoms with Crippen LogP contribution in [0.25, 0.3) is 17.0 Å². The number of aromatic nitrogens is 3. The van der Waals surface area contributed by atoms with Gasteiger partial charge in [0.1, 0.15) is 11.6 Å². The monoisotopic (exact) mass is 350 g/mol. The van der Waals surface area contributed by atoms with Crippen molar-refractivity contribution in [3.63, 3.8) is 0 Å². The Bertz CT molecular complexity index is 1090. The third kappa shape index (κ3) is 2.90. The minimum atomic E-state index is -0.434. The van der Waals surface area contributed by atoms with Gasteiger partial charge in [0, 0.05) is 23.5 Å². The Morgan fingerprint density at radius 3 is 2.31 bits per heavy atom. The molecule has 0 bridgehead atoms. The minimum Gasteiger partial charge on any atom is -0.305 e. The molecule has 5 nitrogen and oxygen atoms in total. The number of hydrogen-bond donors (Lipinski definition) is 1. The molecular weight excluding hydrogens is 338 g/mol. The SMILES string of the molecule is O=C(Nc1nc2ncccn2c1-c1ccc(F)cc1)c1ccc(F)cc1. The Labute approximate surface area is 147 Å². The van der Waals surface area contributed by atoms with Crippen LogP contribution in [0.3, 0.4) is 0 Å². The second-order valence-electron chi connectivity index (χ2n) is 5.57. The van der Waals surface area contributed by atoms with Crippen molar-refractivity contribution in [2.75, 3.05) is 5.32 Å². The lowest BCUT2D eigenvalue weighted by Crippen LogP contribution is -2.13. The molecule has 0 atom stereocenters. The molecule has 128 valence electrons. The minimum absolute atomic E-state index is 0.282. The summed E-state index contributed by atoms with van der Waals surface area (Å²) in [4.78, 5) is 21.0. The Balaban J connectivity index is 1.79. The fourth-order valence-corrected chi connectivity index (χ4v) is 2.64. The zero-order valence-corrected chi connectivity index (χ0v) is 13.4. The van der Waals surface area contributed by atoms with E-state index in [4.69, 9.17) is 0 Å². The number of carbonyl (C=O) groups is 1. The first kappa shape index (κ1) is 15.9. The molecular formula is C19H12F2N4O.